The smallest absolute Gasteiger partial charge is 0.140 e. The highest BCUT2D eigenvalue weighted by atomic mass is 35.5. The molecule has 1 heterocycles. The summed E-state index contributed by atoms with van der Waals surface area (Å²) >= 11 is 5.78. The van der Waals surface area contributed by atoms with Crippen LogP contribution in [0.15, 0.2) is 41.7 Å². The van der Waals surface area contributed by atoms with Crippen LogP contribution in [-0.2, 0) is 6.54 Å². The first-order valence-electron chi connectivity index (χ1n) is 4.92. The zero-order valence-electron chi connectivity index (χ0n) is 8.92. The Bertz CT molecular complexity index is 490. The fourth-order valence-electron chi connectivity index (χ4n) is 1.24. The summed E-state index contributed by atoms with van der Waals surface area (Å²) in [5.41, 5.74) is 3.28. The number of amidine groups is 1. The Morgan fingerprint density at radius 3 is 2.53 bits per heavy atom. The summed E-state index contributed by atoms with van der Waals surface area (Å²) in [5.74, 6) is 5.95. The fraction of sp³-hybridized carbons (Fsp3) is 0.100. The Morgan fingerprint density at radius 2 is 1.94 bits per heavy atom. The molecule has 1 aromatic heterocycles. The van der Waals surface area contributed by atoms with Crippen LogP contribution in [0.2, 0.25) is 5.02 Å². The van der Waals surface area contributed by atoms with E-state index in [2.05, 4.69) is 20.6 Å². The van der Waals surface area contributed by atoms with Crippen LogP contribution in [0.5, 0.6) is 0 Å². The molecule has 0 spiro atoms. The van der Waals surface area contributed by atoms with E-state index in [1.165, 1.54) is 4.80 Å². The third kappa shape index (κ3) is 3.27. The molecule has 17 heavy (non-hydrogen) atoms. The lowest BCUT2D eigenvalue weighted by Crippen LogP contribution is -2.34. The summed E-state index contributed by atoms with van der Waals surface area (Å²) in [5, 5.41) is 8.60. The highest BCUT2D eigenvalue weighted by Gasteiger charge is 2.00. The molecular formula is C10H11ClN6. The zero-order chi connectivity index (χ0) is 12.1. The minimum absolute atomic E-state index is 0.381. The number of aliphatic imine (C=N–C) groups is 1. The molecule has 0 saturated heterocycles. The molecule has 0 aliphatic heterocycles. The van der Waals surface area contributed by atoms with Gasteiger partial charge in [-0.05, 0) is 24.3 Å². The molecule has 2 rings (SSSR count). The quantitative estimate of drug-likeness (QED) is 0.370. The number of hydrazine groups is 1. The van der Waals surface area contributed by atoms with E-state index < -0.39 is 0 Å². The third-order valence-corrected chi connectivity index (χ3v) is 2.27. The van der Waals surface area contributed by atoms with Crippen molar-refractivity contribution in [2.75, 3.05) is 0 Å². The van der Waals surface area contributed by atoms with Crippen molar-refractivity contribution in [2.45, 2.75) is 6.54 Å². The Kier molecular flexibility index (Phi) is 3.69. The van der Waals surface area contributed by atoms with E-state index >= 15 is 0 Å². The first kappa shape index (κ1) is 11.6. The van der Waals surface area contributed by atoms with E-state index in [-0.39, 0.29) is 0 Å². The van der Waals surface area contributed by atoms with Crippen molar-refractivity contribution in [3.8, 4) is 0 Å². The number of benzene rings is 1. The molecule has 0 bridgehead atoms. The van der Waals surface area contributed by atoms with Crippen molar-refractivity contribution in [1.29, 1.82) is 0 Å². The second-order valence-electron chi connectivity index (χ2n) is 3.24. The Morgan fingerprint density at radius 1 is 1.29 bits per heavy atom. The van der Waals surface area contributed by atoms with Gasteiger partial charge in [0.25, 0.3) is 0 Å². The molecular weight excluding hydrogens is 240 g/mol. The van der Waals surface area contributed by atoms with Gasteiger partial charge in [-0.15, -0.1) is 0 Å². The Labute approximate surface area is 103 Å². The molecule has 0 fully saturated rings. The minimum atomic E-state index is 0.381. The molecule has 6 nitrogen and oxygen atoms in total. The summed E-state index contributed by atoms with van der Waals surface area (Å²) in [6, 6.07) is 7.13. The van der Waals surface area contributed by atoms with Crippen LogP contribution >= 0.6 is 11.6 Å². The number of rotatable bonds is 3. The molecule has 1 aromatic carbocycles. The second-order valence-corrected chi connectivity index (χ2v) is 3.68. The van der Waals surface area contributed by atoms with E-state index in [0.29, 0.717) is 17.4 Å². The average Bonchev–Trinajstić information content (AvgIpc) is 2.84. The maximum absolute atomic E-state index is 5.78. The number of halogens is 1. The van der Waals surface area contributed by atoms with E-state index in [1.54, 1.807) is 36.7 Å². The first-order valence-corrected chi connectivity index (χ1v) is 5.29. The van der Waals surface area contributed by atoms with Crippen LogP contribution < -0.4 is 11.3 Å². The van der Waals surface area contributed by atoms with Crippen LogP contribution in [0.1, 0.15) is 0 Å². The van der Waals surface area contributed by atoms with Crippen molar-refractivity contribution >= 4 is 23.1 Å². The number of hydrogen-bond donors (Lipinski definition) is 2. The van der Waals surface area contributed by atoms with Crippen LogP contribution in [0.25, 0.3) is 0 Å². The SMILES string of the molecule is NN/C(Cn1nccn1)=N\c1ccc(Cl)cc1. The van der Waals surface area contributed by atoms with Crippen LogP contribution in [0.3, 0.4) is 0 Å². The van der Waals surface area contributed by atoms with Gasteiger partial charge in [-0.25, -0.2) is 10.8 Å². The van der Waals surface area contributed by atoms with Crippen LogP contribution in [-0.4, -0.2) is 20.8 Å². The van der Waals surface area contributed by atoms with Gasteiger partial charge in [0.05, 0.1) is 18.1 Å². The maximum Gasteiger partial charge on any atom is 0.140 e. The summed E-state index contributed by atoms with van der Waals surface area (Å²) in [6.07, 6.45) is 3.19. The standard InChI is InChI=1S/C10H11ClN6/c11-8-1-3-9(4-2-8)15-10(16-12)7-17-13-5-6-14-17/h1-6H,7,12H2,(H,15,16). The zero-order valence-corrected chi connectivity index (χ0v) is 9.67. The predicted molar refractivity (Wildman–Crippen MR) is 65.9 cm³/mol. The van der Waals surface area contributed by atoms with E-state index in [4.69, 9.17) is 17.4 Å². The van der Waals surface area contributed by atoms with Gasteiger partial charge < -0.3 is 5.43 Å². The summed E-state index contributed by atoms with van der Waals surface area (Å²) < 4.78 is 0. The lowest BCUT2D eigenvalue weighted by Gasteiger charge is -2.04. The molecule has 0 atom stereocenters. The minimum Gasteiger partial charge on any atom is -0.310 e. The monoisotopic (exact) mass is 250 g/mol. The highest BCUT2D eigenvalue weighted by Crippen LogP contribution is 2.16. The normalized spacial score (nSPS) is 11.5. The molecule has 0 saturated carbocycles. The van der Waals surface area contributed by atoms with Gasteiger partial charge in [0, 0.05) is 5.02 Å². The fourth-order valence-corrected chi connectivity index (χ4v) is 1.37. The third-order valence-electron chi connectivity index (χ3n) is 2.02. The van der Waals surface area contributed by atoms with Crippen LogP contribution in [0, 0.1) is 0 Å². The summed E-state index contributed by atoms with van der Waals surface area (Å²) in [6.45, 7) is 0.381. The Balaban J connectivity index is 2.14. The number of nitrogens with one attached hydrogen (secondary N) is 1. The van der Waals surface area contributed by atoms with Crippen molar-refractivity contribution in [3.05, 3.63) is 41.7 Å². The maximum atomic E-state index is 5.78. The molecule has 7 heteroatoms. The predicted octanol–water partition coefficient (Wildman–Crippen LogP) is 1.13. The molecule has 0 unspecified atom stereocenters. The first-order chi connectivity index (χ1) is 8.28. The molecule has 2 aromatic rings. The lowest BCUT2D eigenvalue weighted by molar-refractivity contribution is 0.609. The topological polar surface area (TPSA) is 81.1 Å². The van der Waals surface area contributed by atoms with Crippen molar-refractivity contribution < 1.29 is 0 Å². The lowest BCUT2D eigenvalue weighted by atomic mass is 10.3. The summed E-state index contributed by atoms with van der Waals surface area (Å²) in [4.78, 5) is 5.79. The number of aromatic nitrogens is 3. The highest BCUT2D eigenvalue weighted by molar-refractivity contribution is 6.30. The van der Waals surface area contributed by atoms with Gasteiger partial charge in [0.1, 0.15) is 12.4 Å². The molecule has 3 N–H and O–H groups in total. The molecule has 0 aliphatic carbocycles. The number of nitrogens with zero attached hydrogens (tertiary/aromatic N) is 4. The van der Waals surface area contributed by atoms with Gasteiger partial charge in [-0.1, -0.05) is 11.6 Å². The van der Waals surface area contributed by atoms with Crippen LogP contribution in [0.4, 0.5) is 5.69 Å². The van der Waals surface area contributed by atoms with Crippen molar-refractivity contribution in [2.24, 2.45) is 10.8 Å². The molecule has 0 radical (unpaired) electrons. The van der Waals surface area contributed by atoms with Gasteiger partial charge in [-0.2, -0.15) is 15.0 Å². The molecule has 0 aliphatic rings. The summed E-state index contributed by atoms with van der Waals surface area (Å²) in [7, 11) is 0. The Hall–Kier alpha value is -1.92. The number of nitrogens with two attached hydrogens (primary N) is 1. The van der Waals surface area contributed by atoms with Gasteiger partial charge in [0.2, 0.25) is 0 Å². The van der Waals surface area contributed by atoms with Gasteiger partial charge in [0.15, 0.2) is 0 Å². The van der Waals surface area contributed by atoms with E-state index in [1.807, 2.05) is 0 Å². The van der Waals surface area contributed by atoms with E-state index in [0.717, 1.165) is 5.69 Å². The van der Waals surface area contributed by atoms with Crippen molar-refractivity contribution in [1.82, 2.24) is 20.4 Å². The van der Waals surface area contributed by atoms with Gasteiger partial charge >= 0.3 is 0 Å². The molecule has 88 valence electrons. The van der Waals surface area contributed by atoms with E-state index in [9.17, 15) is 0 Å². The van der Waals surface area contributed by atoms with Gasteiger partial charge in [-0.3, -0.25) is 0 Å². The molecule has 0 amide bonds. The average molecular weight is 251 g/mol. The van der Waals surface area contributed by atoms with Crippen molar-refractivity contribution in [3.63, 3.8) is 0 Å². The number of hydrogen-bond acceptors (Lipinski definition) is 4. The second kappa shape index (κ2) is 5.42. The largest absolute Gasteiger partial charge is 0.310 e.